The molecule has 0 saturated carbocycles. The number of hydrogen-bond acceptors (Lipinski definition) is 12. The highest BCUT2D eigenvalue weighted by Crippen LogP contribution is 2.33. The van der Waals surface area contributed by atoms with Crippen LogP contribution in [0.15, 0.2) is 0 Å². The number of carbonyl (C=O) groups is 7. The molecule has 0 aromatic rings. The molecule has 0 bridgehead atoms. The van der Waals surface area contributed by atoms with E-state index in [0.717, 1.165) is 25.7 Å². The normalized spacial score (nSPS) is 19.9. The van der Waals surface area contributed by atoms with Crippen LogP contribution in [0.3, 0.4) is 0 Å². The second-order valence-electron chi connectivity index (χ2n) is 12.2. The Kier molecular flexibility index (Phi) is 22.7. The van der Waals surface area contributed by atoms with Crippen molar-refractivity contribution >= 4 is 53.3 Å². The minimum atomic E-state index is -4.90. The molecule has 0 aromatic carbocycles. The van der Waals surface area contributed by atoms with Crippen LogP contribution in [-0.4, -0.2) is 109 Å². The number of esters is 3. The molecule has 4 amide bonds. The standard InChI is InChI=1S/C33H53F3N4O11S/c1-21(41)40-28-30(50-24(4)44)29(49-23(3)43)25(20-48-22(2)42)51-31(28)52-19-13-7-12-17-38-27(46)14-8-5-10-16-37-26(45)15-9-6-11-18-39-32(47)33(34,35)36/h25,28-31H,5-20H2,1-4H3,(H,37,45)(H,38,46)(H,39,47)(H,40,41). The number of carbonyl (C=O) groups excluding carboxylic acids is 7. The number of thioether (sulfide) groups is 1. The van der Waals surface area contributed by atoms with Gasteiger partial charge in [0.2, 0.25) is 17.7 Å². The Balaban J connectivity index is 2.32. The molecule has 0 aliphatic carbocycles. The smallest absolute Gasteiger partial charge is 0.463 e. The molecular formula is C33H53F3N4O11S. The molecular weight excluding hydrogens is 717 g/mol. The van der Waals surface area contributed by atoms with Crippen LogP contribution in [0.5, 0.6) is 0 Å². The zero-order valence-electron chi connectivity index (χ0n) is 30.2. The predicted octanol–water partition coefficient (Wildman–Crippen LogP) is 2.58. The Labute approximate surface area is 306 Å². The second kappa shape index (κ2) is 25.4. The third kappa shape index (κ3) is 21.0. The molecule has 0 spiro atoms. The number of rotatable bonds is 24. The lowest BCUT2D eigenvalue weighted by Crippen LogP contribution is -2.65. The van der Waals surface area contributed by atoms with Crippen LogP contribution in [0.2, 0.25) is 0 Å². The van der Waals surface area contributed by atoms with Crippen LogP contribution in [0.25, 0.3) is 0 Å². The minimum absolute atomic E-state index is 0.0729. The van der Waals surface area contributed by atoms with Crippen molar-refractivity contribution in [2.24, 2.45) is 0 Å². The first kappa shape index (κ1) is 46.4. The molecule has 298 valence electrons. The molecule has 0 aromatic heterocycles. The van der Waals surface area contributed by atoms with Gasteiger partial charge in [0, 0.05) is 60.2 Å². The van der Waals surface area contributed by atoms with E-state index >= 15 is 0 Å². The first-order chi connectivity index (χ1) is 24.5. The summed E-state index contributed by atoms with van der Waals surface area (Å²) in [6.07, 6.45) is -1.82. The highest BCUT2D eigenvalue weighted by atomic mass is 32.2. The van der Waals surface area contributed by atoms with Crippen LogP contribution in [0, 0.1) is 0 Å². The van der Waals surface area contributed by atoms with Gasteiger partial charge in [-0.15, -0.1) is 11.8 Å². The van der Waals surface area contributed by atoms with Gasteiger partial charge in [0.15, 0.2) is 12.2 Å². The van der Waals surface area contributed by atoms with Gasteiger partial charge in [-0.05, 0) is 44.3 Å². The fraction of sp³-hybridized carbons (Fsp3) is 0.788. The van der Waals surface area contributed by atoms with Crippen LogP contribution in [-0.2, 0) is 52.5 Å². The van der Waals surface area contributed by atoms with Gasteiger partial charge in [-0.3, -0.25) is 33.6 Å². The Morgan fingerprint density at radius 2 is 1.15 bits per heavy atom. The molecule has 1 heterocycles. The number of hydrogen-bond donors (Lipinski definition) is 4. The van der Waals surface area contributed by atoms with Gasteiger partial charge in [-0.25, -0.2) is 0 Å². The van der Waals surface area contributed by atoms with Gasteiger partial charge in [0.05, 0.1) is 0 Å². The molecule has 4 N–H and O–H groups in total. The molecule has 1 aliphatic heterocycles. The molecule has 15 nitrogen and oxygen atoms in total. The SMILES string of the molecule is CC(=O)NC1C(SCCCCCNC(=O)CCCCCNC(=O)CCCCCNC(=O)C(F)(F)F)OC(COC(C)=O)C(OC(C)=O)C1OC(C)=O. The lowest BCUT2D eigenvalue weighted by atomic mass is 9.97. The molecule has 19 heteroatoms. The Morgan fingerprint density at radius 3 is 1.63 bits per heavy atom. The quantitative estimate of drug-likeness (QED) is 0.0636. The molecule has 5 unspecified atom stereocenters. The number of halogens is 3. The van der Waals surface area contributed by atoms with E-state index in [1.807, 2.05) is 0 Å². The average molecular weight is 771 g/mol. The van der Waals surface area contributed by atoms with Crippen molar-refractivity contribution in [1.29, 1.82) is 0 Å². The fourth-order valence-electron chi connectivity index (χ4n) is 5.15. The van der Waals surface area contributed by atoms with Crippen LogP contribution in [0.1, 0.15) is 98.3 Å². The third-order valence-corrected chi connectivity index (χ3v) is 8.78. The van der Waals surface area contributed by atoms with Crippen molar-refractivity contribution in [3.63, 3.8) is 0 Å². The van der Waals surface area contributed by atoms with Crippen LogP contribution in [0.4, 0.5) is 13.2 Å². The zero-order valence-corrected chi connectivity index (χ0v) is 31.0. The van der Waals surface area contributed by atoms with Gasteiger partial charge in [0.25, 0.3) is 0 Å². The van der Waals surface area contributed by atoms with E-state index in [0.29, 0.717) is 57.4 Å². The fourth-order valence-corrected chi connectivity index (χ4v) is 6.40. The maximum absolute atomic E-state index is 12.2. The van der Waals surface area contributed by atoms with Gasteiger partial charge in [-0.2, -0.15) is 13.2 Å². The van der Waals surface area contributed by atoms with E-state index in [9.17, 15) is 46.7 Å². The van der Waals surface area contributed by atoms with E-state index in [4.69, 9.17) is 18.9 Å². The van der Waals surface area contributed by atoms with Gasteiger partial charge in [0.1, 0.15) is 24.2 Å². The third-order valence-electron chi connectivity index (χ3n) is 7.52. The number of unbranched alkanes of at least 4 members (excludes halogenated alkanes) is 6. The minimum Gasteiger partial charge on any atom is -0.463 e. The van der Waals surface area contributed by atoms with Crippen molar-refractivity contribution in [2.75, 3.05) is 32.0 Å². The molecule has 1 saturated heterocycles. The summed E-state index contributed by atoms with van der Waals surface area (Å²) in [5.41, 5.74) is -0.724. The summed E-state index contributed by atoms with van der Waals surface area (Å²) in [6.45, 7) is 5.46. The van der Waals surface area contributed by atoms with Crippen LogP contribution >= 0.6 is 11.8 Å². The van der Waals surface area contributed by atoms with Crippen molar-refractivity contribution in [2.45, 2.75) is 134 Å². The van der Waals surface area contributed by atoms with Crippen molar-refractivity contribution in [1.82, 2.24) is 21.3 Å². The average Bonchev–Trinajstić information content (AvgIpc) is 3.04. The Bertz CT molecular complexity index is 1180. The summed E-state index contributed by atoms with van der Waals surface area (Å²) in [7, 11) is 0. The second-order valence-corrected chi connectivity index (χ2v) is 13.4. The number of amides is 4. The molecule has 1 fully saturated rings. The number of nitrogens with one attached hydrogen (secondary N) is 4. The highest BCUT2D eigenvalue weighted by Gasteiger charge is 2.50. The van der Waals surface area contributed by atoms with Gasteiger partial charge < -0.3 is 40.2 Å². The highest BCUT2D eigenvalue weighted by molar-refractivity contribution is 7.99. The van der Waals surface area contributed by atoms with Crippen molar-refractivity contribution in [3.8, 4) is 0 Å². The summed E-state index contributed by atoms with van der Waals surface area (Å²) >= 11 is 1.36. The summed E-state index contributed by atoms with van der Waals surface area (Å²) in [5.74, 6) is -3.94. The topological polar surface area (TPSA) is 205 Å². The molecule has 5 atom stereocenters. The summed E-state index contributed by atoms with van der Waals surface area (Å²) in [6, 6.07) is -0.864. The number of ether oxygens (including phenoxy) is 4. The monoisotopic (exact) mass is 770 g/mol. The zero-order chi connectivity index (χ0) is 39.1. The summed E-state index contributed by atoms with van der Waals surface area (Å²) < 4.78 is 58.5. The summed E-state index contributed by atoms with van der Waals surface area (Å²) in [5, 5.41) is 10.2. The molecule has 1 aliphatic rings. The lowest BCUT2D eigenvalue weighted by Gasteiger charge is -2.45. The molecule has 0 radical (unpaired) electrons. The first-order valence-electron chi connectivity index (χ1n) is 17.4. The van der Waals surface area contributed by atoms with E-state index in [-0.39, 0.29) is 31.4 Å². The lowest BCUT2D eigenvalue weighted by molar-refractivity contribution is -0.211. The van der Waals surface area contributed by atoms with E-state index in [2.05, 4.69) is 16.0 Å². The number of alkyl halides is 3. The van der Waals surface area contributed by atoms with Gasteiger partial charge >= 0.3 is 30.0 Å². The maximum Gasteiger partial charge on any atom is 0.471 e. The first-order valence-corrected chi connectivity index (χ1v) is 18.5. The Hall–Kier alpha value is -3.61. The largest absolute Gasteiger partial charge is 0.471 e. The molecule has 52 heavy (non-hydrogen) atoms. The maximum atomic E-state index is 12.2. The van der Waals surface area contributed by atoms with E-state index < -0.39 is 65.7 Å². The predicted molar refractivity (Wildman–Crippen MR) is 182 cm³/mol. The van der Waals surface area contributed by atoms with E-state index in [1.165, 1.54) is 39.5 Å². The van der Waals surface area contributed by atoms with Gasteiger partial charge in [-0.1, -0.05) is 19.3 Å². The molecule has 1 rings (SSSR count). The van der Waals surface area contributed by atoms with E-state index in [1.54, 1.807) is 5.32 Å². The van der Waals surface area contributed by atoms with Crippen molar-refractivity contribution < 1.29 is 65.7 Å². The van der Waals surface area contributed by atoms with Crippen LogP contribution < -0.4 is 21.3 Å². The Morgan fingerprint density at radius 1 is 0.654 bits per heavy atom. The van der Waals surface area contributed by atoms with Crippen molar-refractivity contribution in [3.05, 3.63) is 0 Å². The summed E-state index contributed by atoms with van der Waals surface area (Å²) in [4.78, 5) is 82.2.